The fourth-order valence-corrected chi connectivity index (χ4v) is 7.97. The van der Waals surface area contributed by atoms with Crippen LogP contribution >= 0.6 is 11.3 Å². The van der Waals surface area contributed by atoms with Crippen LogP contribution in [0.15, 0.2) is 156 Å². The van der Waals surface area contributed by atoms with E-state index < -0.39 is 0 Å². The number of hydrogen-bond donors (Lipinski definition) is 0. The van der Waals surface area contributed by atoms with E-state index in [1.807, 2.05) is 54.9 Å². The van der Waals surface area contributed by atoms with Gasteiger partial charge in [-0.05, 0) is 101 Å². The average molecular weight is 677 g/mol. The largest absolute Gasteiger partial charge is 0.456 e. The zero-order valence-electron chi connectivity index (χ0n) is 26.9. The number of furan rings is 1. The van der Waals surface area contributed by atoms with Crippen LogP contribution < -0.4 is 0 Å². The molecule has 4 aromatic heterocycles. The molecule has 0 radical (unpaired) electrons. The third-order valence-electron chi connectivity index (χ3n) is 9.32. The molecule has 0 aliphatic carbocycles. The predicted molar refractivity (Wildman–Crippen MR) is 205 cm³/mol. The quantitative estimate of drug-likeness (QED) is 0.182. The second kappa shape index (κ2) is 11.8. The molecule has 10 rings (SSSR count). The molecule has 0 saturated carbocycles. The molecular weight excluding hydrogens is 652 g/mol. The van der Waals surface area contributed by atoms with Crippen LogP contribution in [0.2, 0.25) is 0 Å². The number of benzene rings is 6. The molecule has 6 aromatic carbocycles. The topological polar surface area (TPSA) is 64.7 Å². The van der Waals surface area contributed by atoms with Gasteiger partial charge < -0.3 is 4.42 Å². The van der Waals surface area contributed by atoms with E-state index >= 15 is 0 Å². The van der Waals surface area contributed by atoms with E-state index in [1.54, 1.807) is 23.5 Å². The highest BCUT2D eigenvalue weighted by molar-refractivity contribution is 7.26. The van der Waals surface area contributed by atoms with Crippen molar-refractivity contribution in [3.8, 4) is 56.4 Å². The summed E-state index contributed by atoms with van der Waals surface area (Å²) in [6, 6.07) is 45.8. The second-order valence-corrected chi connectivity index (χ2v) is 13.5. The van der Waals surface area contributed by atoms with Crippen molar-refractivity contribution in [3.63, 3.8) is 0 Å². The number of rotatable bonds is 5. The van der Waals surface area contributed by atoms with Crippen molar-refractivity contribution in [3.05, 3.63) is 158 Å². The summed E-state index contributed by atoms with van der Waals surface area (Å²) < 4.78 is 22.5. The Balaban J connectivity index is 1.20. The molecule has 0 aliphatic heterocycles. The molecule has 0 N–H and O–H groups in total. The van der Waals surface area contributed by atoms with E-state index in [2.05, 4.69) is 77.8 Å². The van der Waals surface area contributed by atoms with Crippen LogP contribution in [0.25, 0.3) is 98.5 Å². The van der Waals surface area contributed by atoms with Gasteiger partial charge in [-0.1, -0.05) is 60.7 Å². The zero-order valence-corrected chi connectivity index (χ0v) is 27.7. The van der Waals surface area contributed by atoms with E-state index in [0.717, 1.165) is 65.4 Å². The molecule has 7 heteroatoms. The number of fused-ring (bicyclic) bond motifs is 6. The molecule has 0 unspecified atom stereocenters. The molecule has 51 heavy (non-hydrogen) atoms. The molecule has 0 fully saturated rings. The minimum absolute atomic E-state index is 0.319. The Kier molecular flexibility index (Phi) is 6.79. The lowest BCUT2D eigenvalue weighted by molar-refractivity contribution is 0.628. The Labute approximate surface area is 295 Å². The third-order valence-corrected chi connectivity index (χ3v) is 10.5. The number of pyridine rings is 1. The van der Waals surface area contributed by atoms with Gasteiger partial charge in [-0.15, -0.1) is 11.3 Å². The molecule has 0 amide bonds. The first-order chi connectivity index (χ1) is 25.1. The SMILES string of the molecule is Fc1ccc(-c2nc(-c3ccc4oc5ccccc5c4c3)nc(-c3cc(-c4ccc(-c5ccncc5)cc4)cc4c3sc3ccccc34)n2)cc1. The summed E-state index contributed by atoms with van der Waals surface area (Å²) in [6.45, 7) is 0. The fraction of sp³-hybridized carbons (Fsp3) is 0. The molecule has 4 heterocycles. The van der Waals surface area contributed by atoms with Gasteiger partial charge in [-0.2, -0.15) is 0 Å². The highest BCUT2D eigenvalue weighted by Gasteiger charge is 2.19. The molecule has 5 nitrogen and oxygen atoms in total. The minimum Gasteiger partial charge on any atom is -0.456 e. The minimum atomic E-state index is -0.319. The Morgan fingerprint density at radius 3 is 1.84 bits per heavy atom. The van der Waals surface area contributed by atoms with Crippen molar-refractivity contribution in [2.24, 2.45) is 0 Å². The van der Waals surface area contributed by atoms with Crippen LogP contribution in [0, 0.1) is 5.82 Å². The summed E-state index contributed by atoms with van der Waals surface area (Å²) in [7, 11) is 0. The lowest BCUT2D eigenvalue weighted by Crippen LogP contribution is -2.00. The molecule has 0 atom stereocenters. The molecular formula is C44H25FN4OS. The average Bonchev–Trinajstić information content (AvgIpc) is 3.76. The maximum Gasteiger partial charge on any atom is 0.165 e. The Bertz CT molecular complexity index is 2920. The van der Waals surface area contributed by atoms with Crippen LogP contribution in [0.5, 0.6) is 0 Å². The van der Waals surface area contributed by atoms with Crippen molar-refractivity contribution in [1.82, 2.24) is 19.9 Å². The van der Waals surface area contributed by atoms with Gasteiger partial charge in [0.15, 0.2) is 17.5 Å². The molecule has 10 aromatic rings. The molecule has 0 bridgehead atoms. The van der Waals surface area contributed by atoms with Crippen molar-refractivity contribution in [1.29, 1.82) is 0 Å². The van der Waals surface area contributed by atoms with E-state index in [-0.39, 0.29) is 5.82 Å². The predicted octanol–water partition coefficient (Wildman–Crippen LogP) is 12.0. The van der Waals surface area contributed by atoms with Gasteiger partial charge in [-0.3, -0.25) is 4.98 Å². The standard InChI is InChI=1S/C44H25FN4OS/c45-32-16-13-29(14-17-32)42-47-43(30-15-18-39-35(23-30)33-5-1-3-7-38(33)50-39)49-44(48-42)37-25-31(24-36-34-6-2-4-8-40(34)51-41(36)37)27-11-9-26(10-12-27)28-19-21-46-22-20-28/h1-25H. The van der Waals surface area contributed by atoms with E-state index in [1.165, 1.54) is 22.2 Å². The Morgan fingerprint density at radius 1 is 0.451 bits per heavy atom. The molecule has 0 saturated heterocycles. The fourth-order valence-electron chi connectivity index (χ4n) is 6.78. The van der Waals surface area contributed by atoms with Crippen LogP contribution in [-0.4, -0.2) is 19.9 Å². The van der Waals surface area contributed by atoms with Gasteiger partial charge in [-0.25, -0.2) is 19.3 Å². The Morgan fingerprint density at radius 2 is 1.04 bits per heavy atom. The van der Waals surface area contributed by atoms with Crippen LogP contribution in [0.3, 0.4) is 0 Å². The normalized spacial score (nSPS) is 11.6. The Hall–Kier alpha value is -6.57. The maximum absolute atomic E-state index is 14.1. The van der Waals surface area contributed by atoms with Crippen molar-refractivity contribution in [2.75, 3.05) is 0 Å². The summed E-state index contributed by atoms with van der Waals surface area (Å²) in [5.41, 5.74) is 8.43. The first kappa shape index (κ1) is 29.4. The smallest absolute Gasteiger partial charge is 0.165 e. The van der Waals surface area contributed by atoms with Crippen LogP contribution in [0.1, 0.15) is 0 Å². The van der Waals surface area contributed by atoms with Gasteiger partial charge >= 0.3 is 0 Å². The first-order valence-corrected chi connectivity index (χ1v) is 17.4. The lowest BCUT2D eigenvalue weighted by Gasteiger charge is -2.12. The molecule has 240 valence electrons. The molecule has 0 aliphatic rings. The van der Waals surface area contributed by atoms with Crippen molar-refractivity contribution < 1.29 is 8.81 Å². The number of para-hydroxylation sites is 1. The van der Waals surface area contributed by atoms with Crippen molar-refractivity contribution >= 4 is 53.4 Å². The van der Waals surface area contributed by atoms with Crippen LogP contribution in [-0.2, 0) is 0 Å². The highest BCUT2D eigenvalue weighted by Crippen LogP contribution is 2.43. The van der Waals surface area contributed by atoms with Gasteiger partial charge in [0.05, 0.1) is 0 Å². The summed E-state index contributed by atoms with van der Waals surface area (Å²) in [5, 5.41) is 4.33. The van der Waals surface area contributed by atoms with Crippen molar-refractivity contribution in [2.45, 2.75) is 0 Å². The second-order valence-electron chi connectivity index (χ2n) is 12.4. The van der Waals surface area contributed by atoms with Gasteiger partial charge in [0.2, 0.25) is 0 Å². The number of nitrogens with zero attached hydrogens (tertiary/aromatic N) is 4. The van der Waals surface area contributed by atoms with Gasteiger partial charge in [0.25, 0.3) is 0 Å². The van der Waals surface area contributed by atoms with E-state index in [4.69, 9.17) is 19.4 Å². The number of thiophene rings is 1. The molecule has 0 spiro atoms. The van der Waals surface area contributed by atoms with Crippen LogP contribution in [0.4, 0.5) is 4.39 Å². The summed E-state index contributed by atoms with van der Waals surface area (Å²) in [4.78, 5) is 19.4. The van der Waals surface area contributed by atoms with E-state index in [0.29, 0.717) is 23.0 Å². The first-order valence-electron chi connectivity index (χ1n) is 16.5. The maximum atomic E-state index is 14.1. The number of halogens is 1. The number of hydrogen-bond acceptors (Lipinski definition) is 6. The van der Waals surface area contributed by atoms with Gasteiger partial charge in [0, 0.05) is 60.0 Å². The monoisotopic (exact) mass is 676 g/mol. The zero-order chi connectivity index (χ0) is 33.9. The highest BCUT2D eigenvalue weighted by atomic mass is 32.1. The summed E-state index contributed by atoms with van der Waals surface area (Å²) in [6.07, 6.45) is 3.62. The van der Waals surface area contributed by atoms with E-state index in [9.17, 15) is 4.39 Å². The third kappa shape index (κ3) is 5.14. The number of aromatic nitrogens is 4. The summed E-state index contributed by atoms with van der Waals surface area (Å²) >= 11 is 1.73. The summed E-state index contributed by atoms with van der Waals surface area (Å²) in [5.74, 6) is 1.21. The lowest BCUT2D eigenvalue weighted by atomic mass is 9.97. The van der Waals surface area contributed by atoms with Gasteiger partial charge in [0.1, 0.15) is 17.0 Å².